The van der Waals surface area contributed by atoms with E-state index < -0.39 is 29.6 Å². The fraction of sp³-hybridized carbons (Fsp3) is 0.294. The molecule has 24 heavy (non-hydrogen) atoms. The summed E-state index contributed by atoms with van der Waals surface area (Å²) >= 11 is 0. The summed E-state index contributed by atoms with van der Waals surface area (Å²) in [7, 11) is 0. The second-order valence-corrected chi connectivity index (χ2v) is 5.49. The Bertz CT molecular complexity index is 666. The summed E-state index contributed by atoms with van der Waals surface area (Å²) in [6, 6.07) is 6.96. The van der Waals surface area contributed by atoms with Crippen molar-refractivity contribution in [2.45, 2.75) is 25.2 Å². The number of hydrogen-bond acceptors (Lipinski definition) is 3. The highest BCUT2D eigenvalue weighted by Crippen LogP contribution is 2.30. The van der Waals surface area contributed by atoms with Crippen LogP contribution in [0.2, 0.25) is 0 Å². The van der Waals surface area contributed by atoms with Gasteiger partial charge in [0.25, 0.3) is 0 Å². The summed E-state index contributed by atoms with van der Waals surface area (Å²) in [4.78, 5) is 0. The first-order valence-corrected chi connectivity index (χ1v) is 7.24. The van der Waals surface area contributed by atoms with E-state index in [9.17, 15) is 27.8 Å². The molecule has 3 nitrogen and oxygen atoms in total. The lowest BCUT2D eigenvalue weighted by Crippen LogP contribution is -2.27. The lowest BCUT2D eigenvalue weighted by atomic mass is 10.0. The van der Waals surface area contributed by atoms with E-state index in [0.717, 1.165) is 18.2 Å². The van der Waals surface area contributed by atoms with Gasteiger partial charge in [-0.05, 0) is 42.3 Å². The van der Waals surface area contributed by atoms with E-state index in [1.54, 1.807) is 6.92 Å². The van der Waals surface area contributed by atoms with Crippen LogP contribution in [0.15, 0.2) is 42.5 Å². The van der Waals surface area contributed by atoms with Gasteiger partial charge in [-0.15, -0.1) is 0 Å². The van der Waals surface area contributed by atoms with Crippen LogP contribution < -0.4 is 5.32 Å². The molecule has 2 aromatic rings. The largest absolute Gasteiger partial charge is 0.508 e. The van der Waals surface area contributed by atoms with E-state index in [4.69, 9.17) is 0 Å². The monoisotopic (exact) mass is 343 g/mol. The lowest BCUT2D eigenvalue weighted by molar-refractivity contribution is -0.137. The first-order valence-electron chi connectivity index (χ1n) is 7.24. The summed E-state index contributed by atoms with van der Waals surface area (Å²) in [5, 5.41) is 21.9. The molecule has 2 unspecified atom stereocenters. The van der Waals surface area contributed by atoms with Crippen LogP contribution in [0, 0.1) is 5.82 Å². The predicted octanol–water partition coefficient (Wildman–Crippen LogP) is 3.93. The third-order valence-corrected chi connectivity index (χ3v) is 3.68. The molecule has 0 radical (unpaired) electrons. The number of aliphatic hydroxyl groups excluding tert-OH is 1. The van der Waals surface area contributed by atoms with Crippen molar-refractivity contribution in [1.82, 2.24) is 5.32 Å². The number of aromatic hydroxyl groups is 1. The maximum Gasteiger partial charge on any atom is 0.416 e. The Labute approximate surface area is 136 Å². The van der Waals surface area contributed by atoms with Crippen molar-refractivity contribution in [2.75, 3.05) is 6.61 Å². The van der Waals surface area contributed by atoms with Crippen LogP contribution in [0.4, 0.5) is 17.6 Å². The molecule has 3 N–H and O–H groups in total. The number of alkyl halides is 3. The summed E-state index contributed by atoms with van der Waals surface area (Å²) in [5.41, 5.74) is 0.155. The zero-order chi connectivity index (χ0) is 17.9. The smallest absolute Gasteiger partial charge is 0.416 e. The van der Waals surface area contributed by atoms with Gasteiger partial charge in [-0.2, -0.15) is 13.2 Å². The molecule has 0 heterocycles. The Kier molecular flexibility index (Phi) is 5.46. The summed E-state index contributed by atoms with van der Waals surface area (Å²) in [5.74, 6) is -0.831. The molecule has 0 saturated heterocycles. The topological polar surface area (TPSA) is 52.5 Å². The molecule has 0 saturated carbocycles. The number of phenolic OH excluding ortho intramolecular Hbond substituents is 1. The molecule has 0 aromatic heterocycles. The minimum atomic E-state index is -4.42. The van der Waals surface area contributed by atoms with Crippen molar-refractivity contribution in [3.05, 3.63) is 65.0 Å². The third kappa shape index (κ3) is 4.46. The predicted molar refractivity (Wildman–Crippen MR) is 80.9 cm³/mol. The van der Waals surface area contributed by atoms with Gasteiger partial charge in [-0.1, -0.05) is 12.1 Å². The van der Waals surface area contributed by atoms with Crippen LogP contribution in [-0.2, 0) is 6.18 Å². The Morgan fingerprint density at radius 2 is 1.67 bits per heavy atom. The van der Waals surface area contributed by atoms with Gasteiger partial charge in [0.15, 0.2) is 0 Å². The van der Waals surface area contributed by atoms with Crippen LogP contribution in [0.3, 0.4) is 0 Å². The molecular formula is C17H17F4NO2. The highest BCUT2D eigenvalue weighted by molar-refractivity contribution is 5.31. The summed E-state index contributed by atoms with van der Waals surface area (Å²) < 4.78 is 51.1. The number of halogens is 4. The first kappa shape index (κ1) is 18.2. The third-order valence-electron chi connectivity index (χ3n) is 3.68. The van der Waals surface area contributed by atoms with Crippen molar-refractivity contribution in [2.24, 2.45) is 0 Å². The van der Waals surface area contributed by atoms with Crippen molar-refractivity contribution in [3.63, 3.8) is 0 Å². The second-order valence-electron chi connectivity index (χ2n) is 5.49. The average Bonchev–Trinajstić information content (AvgIpc) is 2.50. The van der Waals surface area contributed by atoms with Crippen LogP contribution in [0.5, 0.6) is 5.75 Å². The zero-order valence-corrected chi connectivity index (χ0v) is 12.8. The molecule has 0 bridgehead atoms. The van der Waals surface area contributed by atoms with Gasteiger partial charge in [0.2, 0.25) is 0 Å². The van der Waals surface area contributed by atoms with Gasteiger partial charge in [-0.3, -0.25) is 0 Å². The molecule has 130 valence electrons. The van der Waals surface area contributed by atoms with Crippen molar-refractivity contribution in [1.29, 1.82) is 0 Å². The molecule has 2 atom stereocenters. The number of phenols is 1. The van der Waals surface area contributed by atoms with E-state index in [2.05, 4.69) is 5.32 Å². The van der Waals surface area contributed by atoms with Crippen LogP contribution >= 0.6 is 0 Å². The Morgan fingerprint density at radius 1 is 1.04 bits per heavy atom. The van der Waals surface area contributed by atoms with E-state index in [-0.39, 0.29) is 12.4 Å². The molecule has 0 amide bonds. The quantitative estimate of drug-likeness (QED) is 0.721. The van der Waals surface area contributed by atoms with Gasteiger partial charge in [0.05, 0.1) is 18.2 Å². The second kappa shape index (κ2) is 7.19. The number of aliphatic hydroxyl groups is 1. The standard InChI is InChI=1S/C17H17F4NO2/c1-10(12-6-14(18)8-15(24)7-12)22-16(9-23)11-2-4-13(5-3-11)17(19,20)21/h2-8,10,16,22-24H,9H2,1H3. The summed E-state index contributed by atoms with van der Waals surface area (Å²) in [6.45, 7) is 1.35. The minimum Gasteiger partial charge on any atom is -0.508 e. The molecule has 0 fully saturated rings. The molecular weight excluding hydrogens is 326 g/mol. The van der Waals surface area contributed by atoms with Gasteiger partial charge in [0, 0.05) is 12.1 Å². The fourth-order valence-electron chi connectivity index (χ4n) is 2.40. The molecule has 0 aliphatic rings. The molecule has 0 spiro atoms. The van der Waals surface area contributed by atoms with E-state index >= 15 is 0 Å². The minimum absolute atomic E-state index is 0.228. The number of benzene rings is 2. The Balaban J connectivity index is 2.16. The van der Waals surface area contributed by atoms with Crippen molar-refractivity contribution >= 4 is 0 Å². The van der Waals surface area contributed by atoms with E-state index in [1.807, 2.05) is 0 Å². The Morgan fingerprint density at radius 3 is 2.17 bits per heavy atom. The molecule has 0 aliphatic heterocycles. The van der Waals surface area contributed by atoms with Gasteiger partial charge in [0.1, 0.15) is 11.6 Å². The van der Waals surface area contributed by atoms with Crippen LogP contribution in [0.1, 0.15) is 35.7 Å². The maximum atomic E-state index is 13.3. The number of rotatable bonds is 5. The van der Waals surface area contributed by atoms with Gasteiger partial charge >= 0.3 is 6.18 Å². The lowest BCUT2D eigenvalue weighted by Gasteiger charge is -2.23. The van der Waals surface area contributed by atoms with Crippen LogP contribution in [-0.4, -0.2) is 16.8 Å². The molecule has 0 aliphatic carbocycles. The van der Waals surface area contributed by atoms with Crippen molar-refractivity contribution < 1.29 is 27.8 Å². The molecule has 2 aromatic carbocycles. The average molecular weight is 343 g/mol. The van der Waals surface area contributed by atoms with E-state index in [1.165, 1.54) is 24.3 Å². The number of nitrogens with one attached hydrogen (secondary N) is 1. The molecule has 7 heteroatoms. The zero-order valence-electron chi connectivity index (χ0n) is 12.8. The maximum absolute atomic E-state index is 13.3. The van der Waals surface area contributed by atoms with Gasteiger partial charge < -0.3 is 15.5 Å². The first-order chi connectivity index (χ1) is 11.2. The summed E-state index contributed by atoms with van der Waals surface area (Å²) in [6.07, 6.45) is -4.42. The van der Waals surface area contributed by atoms with Crippen LogP contribution in [0.25, 0.3) is 0 Å². The fourth-order valence-corrected chi connectivity index (χ4v) is 2.40. The number of hydrogen-bond donors (Lipinski definition) is 3. The normalized spacial score (nSPS) is 14.4. The highest BCUT2D eigenvalue weighted by atomic mass is 19.4. The SMILES string of the molecule is CC(NC(CO)c1ccc(C(F)(F)F)cc1)c1cc(O)cc(F)c1. The molecule has 2 rings (SSSR count). The highest BCUT2D eigenvalue weighted by Gasteiger charge is 2.30. The van der Waals surface area contributed by atoms with E-state index in [0.29, 0.717) is 11.1 Å². The van der Waals surface area contributed by atoms with Crippen molar-refractivity contribution in [3.8, 4) is 5.75 Å². The Hall–Kier alpha value is -2.12. The van der Waals surface area contributed by atoms with Gasteiger partial charge in [-0.25, -0.2) is 4.39 Å².